The number of piperazine rings is 1. The van der Waals surface area contributed by atoms with E-state index in [2.05, 4.69) is 30.7 Å². The Morgan fingerprint density at radius 2 is 2.12 bits per heavy atom. The van der Waals surface area contributed by atoms with Gasteiger partial charge in [0, 0.05) is 37.6 Å². The standard InChI is InChI=1S/C19H19F5N8O/c20-14(21)9-30-8-13(16(29-30)19(22,23)24)27-18(33)12-6-26-32-4-3-15(28-17(12)32)31-7-10-1-2-11(31)5-25-10/h3-4,6,8,10-11,14,25H,1-2,5,7,9H2,(H,27,33). The van der Waals surface area contributed by atoms with Gasteiger partial charge in [0.05, 0.1) is 11.9 Å². The third-order valence-electron chi connectivity index (χ3n) is 5.85. The number of fused-ring (bicyclic) bond motifs is 4. The number of carbonyl (C=O) groups is 1. The SMILES string of the molecule is O=C(Nc1cn(CC(F)F)nc1C(F)(F)F)c1cnn2ccc(N3CC4CCC3CN4)nc12. The minimum atomic E-state index is -4.94. The predicted molar refractivity (Wildman–Crippen MR) is 106 cm³/mol. The van der Waals surface area contributed by atoms with Crippen LogP contribution in [0.25, 0.3) is 5.65 Å². The third-order valence-corrected chi connectivity index (χ3v) is 5.85. The third kappa shape index (κ3) is 4.10. The Kier molecular flexibility index (Phi) is 5.18. The van der Waals surface area contributed by atoms with Gasteiger partial charge in [-0.15, -0.1) is 0 Å². The van der Waals surface area contributed by atoms with Crippen molar-refractivity contribution in [2.24, 2.45) is 0 Å². The molecule has 3 aromatic rings. The Hall–Kier alpha value is -3.29. The Balaban J connectivity index is 1.44. The van der Waals surface area contributed by atoms with Crippen LogP contribution in [0, 0.1) is 0 Å². The summed E-state index contributed by atoms with van der Waals surface area (Å²) in [6, 6.07) is 2.39. The van der Waals surface area contributed by atoms with Gasteiger partial charge in [0.25, 0.3) is 12.3 Å². The summed E-state index contributed by atoms with van der Waals surface area (Å²) in [5, 5.41) is 12.8. The summed E-state index contributed by atoms with van der Waals surface area (Å²) in [6.07, 6.45) is -2.20. The summed E-state index contributed by atoms with van der Waals surface area (Å²) in [5.74, 6) is -0.257. The van der Waals surface area contributed by atoms with Crippen LogP contribution in [-0.2, 0) is 12.7 Å². The molecule has 2 atom stereocenters. The van der Waals surface area contributed by atoms with Crippen molar-refractivity contribution in [2.75, 3.05) is 23.3 Å². The van der Waals surface area contributed by atoms with Crippen molar-refractivity contribution in [3.05, 3.63) is 35.9 Å². The van der Waals surface area contributed by atoms with Crippen LogP contribution < -0.4 is 15.5 Å². The predicted octanol–water partition coefficient (Wildman–Crippen LogP) is 2.40. The van der Waals surface area contributed by atoms with Gasteiger partial charge in [-0.1, -0.05) is 0 Å². The lowest BCUT2D eigenvalue weighted by Gasteiger charge is -2.46. The zero-order valence-corrected chi connectivity index (χ0v) is 17.1. The number of carbonyl (C=O) groups excluding carboxylic acids is 1. The second kappa shape index (κ2) is 7.93. The number of nitrogens with zero attached hydrogens (tertiary/aromatic N) is 6. The lowest BCUT2D eigenvalue weighted by molar-refractivity contribution is -0.141. The average molecular weight is 470 g/mol. The van der Waals surface area contributed by atoms with Gasteiger partial charge >= 0.3 is 6.18 Å². The van der Waals surface area contributed by atoms with E-state index in [1.165, 1.54) is 10.7 Å². The van der Waals surface area contributed by atoms with E-state index in [-0.39, 0.29) is 17.3 Å². The van der Waals surface area contributed by atoms with Gasteiger partial charge in [-0.3, -0.25) is 9.48 Å². The summed E-state index contributed by atoms with van der Waals surface area (Å²) >= 11 is 0. The number of anilines is 2. The summed E-state index contributed by atoms with van der Waals surface area (Å²) in [6.45, 7) is 0.558. The van der Waals surface area contributed by atoms with Crippen molar-refractivity contribution in [2.45, 2.75) is 44.1 Å². The smallest absolute Gasteiger partial charge is 0.351 e. The molecule has 176 valence electrons. The Labute approximate surface area is 183 Å². The van der Waals surface area contributed by atoms with Crippen LogP contribution >= 0.6 is 0 Å². The highest BCUT2D eigenvalue weighted by Gasteiger charge is 2.38. The lowest BCUT2D eigenvalue weighted by atomic mass is 9.93. The number of aromatic nitrogens is 5. The molecular formula is C19H19F5N8O. The molecule has 33 heavy (non-hydrogen) atoms. The monoisotopic (exact) mass is 470 g/mol. The quantitative estimate of drug-likeness (QED) is 0.557. The first kappa shape index (κ1) is 21.6. The van der Waals surface area contributed by atoms with E-state index in [4.69, 9.17) is 0 Å². The topological polar surface area (TPSA) is 92.4 Å². The molecule has 0 aromatic carbocycles. The maximum absolute atomic E-state index is 13.3. The van der Waals surface area contributed by atoms with E-state index in [1.54, 1.807) is 12.3 Å². The first-order valence-electron chi connectivity index (χ1n) is 10.3. The zero-order valence-electron chi connectivity index (χ0n) is 17.1. The molecule has 14 heteroatoms. The fraction of sp³-hybridized carbons (Fsp3) is 0.474. The van der Waals surface area contributed by atoms with Gasteiger partial charge in [-0.2, -0.15) is 23.4 Å². The summed E-state index contributed by atoms with van der Waals surface area (Å²) in [5.41, 5.74) is -2.05. The molecule has 3 saturated heterocycles. The molecular weight excluding hydrogens is 451 g/mol. The van der Waals surface area contributed by atoms with Crippen molar-refractivity contribution in [3.8, 4) is 0 Å². The molecule has 0 spiro atoms. The van der Waals surface area contributed by atoms with Crippen LogP contribution in [0.4, 0.5) is 33.5 Å². The van der Waals surface area contributed by atoms with E-state index in [0.717, 1.165) is 32.1 Å². The zero-order chi connectivity index (χ0) is 23.3. The van der Waals surface area contributed by atoms with E-state index in [9.17, 15) is 26.7 Å². The minimum Gasteiger partial charge on any atom is -0.351 e. The summed E-state index contributed by atoms with van der Waals surface area (Å²) in [4.78, 5) is 19.5. The molecule has 3 aliphatic heterocycles. The summed E-state index contributed by atoms with van der Waals surface area (Å²) in [7, 11) is 0. The second-order valence-corrected chi connectivity index (χ2v) is 8.06. The second-order valence-electron chi connectivity index (χ2n) is 8.06. The maximum Gasteiger partial charge on any atom is 0.437 e. The van der Waals surface area contributed by atoms with Crippen LogP contribution in [0.1, 0.15) is 28.9 Å². The normalized spacial score (nSPS) is 20.7. The van der Waals surface area contributed by atoms with E-state index < -0.39 is 36.4 Å². The molecule has 2 N–H and O–H groups in total. The van der Waals surface area contributed by atoms with Crippen molar-refractivity contribution in [1.29, 1.82) is 0 Å². The fourth-order valence-corrected chi connectivity index (χ4v) is 4.32. The largest absolute Gasteiger partial charge is 0.437 e. The number of halogens is 5. The molecule has 3 aliphatic rings. The van der Waals surface area contributed by atoms with Crippen molar-refractivity contribution < 1.29 is 26.7 Å². The highest BCUT2D eigenvalue weighted by Crippen LogP contribution is 2.34. The Morgan fingerprint density at radius 1 is 1.30 bits per heavy atom. The van der Waals surface area contributed by atoms with Crippen LogP contribution in [0.2, 0.25) is 0 Å². The molecule has 9 nitrogen and oxygen atoms in total. The van der Waals surface area contributed by atoms with Crippen LogP contribution in [0.3, 0.4) is 0 Å². The first-order chi connectivity index (χ1) is 15.7. The average Bonchev–Trinajstić information content (AvgIpc) is 3.37. The number of hydrogen-bond acceptors (Lipinski definition) is 6. The molecule has 6 rings (SSSR count). The summed E-state index contributed by atoms with van der Waals surface area (Å²) < 4.78 is 67.0. The Bertz CT molecular complexity index is 1180. The number of rotatable bonds is 5. The van der Waals surface area contributed by atoms with Crippen LogP contribution in [-0.4, -0.2) is 61.9 Å². The number of piperidine rings is 2. The number of nitrogens with one attached hydrogen (secondary N) is 2. The van der Waals surface area contributed by atoms with E-state index in [1.807, 2.05) is 0 Å². The fourth-order valence-electron chi connectivity index (χ4n) is 4.32. The molecule has 6 heterocycles. The van der Waals surface area contributed by atoms with E-state index >= 15 is 0 Å². The van der Waals surface area contributed by atoms with Gasteiger partial charge in [0.15, 0.2) is 11.3 Å². The molecule has 3 aromatic heterocycles. The highest BCUT2D eigenvalue weighted by molar-refractivity contribution is 6.08. The molecule has 3 fully saturated rings. The first-order valence-corrected chi connectivity index (χ1v) is 10.3. The molecule has 0 saturated carbocycles. The number of alkyl halides is 5. The van der Waals surface area contributed by atoms with Crippen molar-refractivity contribution in [1.82, 2.24) is 29.7 Å². The van der Waals surface area contributed by atoms with Crippen molar-refractivity contribution >= 4 is 23.1 Å². The van der Waals surface area contributed by atoms with Gasteiger partial charge in [0.1, 0.15) is 17.9 Å². The molecule has 1 amide bonds. The maximum atomic E-state index is 13.3. The molecule has 2 bridgehead atoms. The molecule has 0 aliphatic carbocycles. The van der Waals surface area contributed by atoms with Gasteiger partial charge < -0.3 is 15.5 Å². The van der Waals surface area contributed by atoms with Gasteiger partial charge in [0.2, 0.25) is 0 Å². The Morgan fingerprint density at radius 3 is 2.76 bits per heavy atom. The lowest BCUT2D eigenvalue weighted by Crippen LogP contribution is -2.61. The van der Waals surface area contributed by atoms with Gasteiger partial charge in [-0.05, 0) is 18.9 Å². The number of amides is 1. The highest BCUT2D eigenvalue weighted by atomic mass is 19.4. The van der Waals surface area contributed by atoms with Crippen LogP contribution in [0.15, 0.2) is 24.7 Å². The minimum absolute atomic E-state index is 0.0492. The van der Waals surface area contributed by atoms with Crippen LogP contribution in [0.5, 0.6) is 0 Å². The molecule has 2 unspecified atom stereocenters. The molecule has 0 radical (unpaired) electrons. The van der Waals surface area contributed by atoms with E-state index in [0.29, 0.717) is 16.5 Å². The van der Waals surface area contributed by atoms with Crippen molar-refractivity contribution in [3.63, 3.8) is 0 Å². The number of hydrogen-bond donors (Lipinski definition) is 2. The van der Waals surface area contributed by atoms with Gasteiger partial charge in [-0.25, -0.2) is 18.3 Å².